The predicted octanol–water partition coefficient (Wildman–Crippen LogP) is 5.55. The smallest absolute Gasteiger partial charge is 0.294 e. The molecule has 0 heterocycles. The topological polar surface area (TPSA) is 49.4 Å². The largest absolute Gasteiger partial charge is 0.357 e. The number of nitrogens with one attached hydrogen (secondary N) is 1. The van der Waals surface area contributed by atoms with Gasteiger partial charge in [-0.3, -0.25) is 15.0 Å². The van der Waals surface area contributed by atoms with Gasteiger partial charge in [-0.15, -0.1) is 0 Å². The van der Waals surface area contributed by atoms with Gasteiger partial charge in [0.1, 0.15) is 11.6 Å². The van der Waals surface area contributed by atoms with Crippen LogP contribution in [-0.4, -0.2) is 30.7 Å². The molecule has 0 aliphatic carbocycles. The SMILES string of the molecule is CN(C(=O)NC(=O)c1c(F)cccc1Cl)c1ccc(SC(F)(F)C(F)F)cc1F. The third-order valence-electron chi connectivity index (χ3n) is 3.50. The molecule has 0 saturated heterocycles. The van der Waals surface area contributed by atoms with Crippen LogP contribution in [0.2, 0.25) is 5.02 Å². The van der Waals surface area contributed by atoms with E-state index in [4.69, 9.17) is 11.6 Å². The molecule has 0 fully saturated rings. The highest BCUT2D eigenvalue weighted by molar-refractivity contribution is 8.00. The Balaban J connectivity index is 2.16. The molecule has 2 rings (SSSR count). The second-order valence-corrected chi connectivity index (χ2v) is 7.12. The van der Waals surface area contributed by atoms with Crippen molar-refractivity contribution < 1.29 is 35.9 Å². The summed E-state index contributed by atoms with van der Waals surface area (Å²) in [6.45, 7) is 0. The van der Waals surface area contributed by atoms with Crippen molar-refractivity contribution in [2.24, 2.45) is 0 Å². The molecular weight excluding hydrogens is 446 g/mol. The minimum absolute atomic E-state index is 0.259. The van der Waals surface area contributed by atoms with E-state index in [-0.39, 0.29) is 5.02 Å². The average molecular weight is 457 g/mol. The number of amides is 3. The van der Waals surface area contributed by atoms with Gasteiger partial charge in [0.25, 0.3) is 5.91 Å². The van der Waals surface area contributed by atoms with Crippen molar-refractivity contribution in [3.05, 3.63) is 58.6 Å². The number of rotatable bonds is 5. The molecule has 0 unspecified atom stereocenters. The Morgan fingerprint density at radius 3 is 2.34 bits per heavy atom. The number of hydrogen-bond acceptors (Lipinski definition) is 3. The molecule has 0 radical (unpaired) electrons. The van der Waals surface area contributed by atoms with E-state index in [0.29, 0.717) is 11.0 Å². The molecule has 0 saturated carbocycles. The lowest BCUT2D eigenvalue weighted by atomic mass is 10.2. The number of halogens is 7. The van der Waals surface area contributed by atoms with Gasteiger partial charge in [-0.25, -0.2) is 22.4 Å². The summed E-state index contributed by atoms with van der Waals surface area (Å²) in [7, 11) is 1.05. The first-order valence-corrected chi connectivity index (χ1v) is 8.81. The van der Waals surface area contributed by atoms with E-state index < -0.39 is 63.2 Å². The predicted molar refractivity (Wildman–Crippen MR) is 95.9 cm³/mol. The van der Waals surface area contributed by atoms with Crippen LogP contribution in [0.15, 0.2) is 41.3 Å². The standard InChI is InChI=1S/C17H11ClF6N2O2S/c1-26(16(28)25-14(27)13-9(18)3-2-4-10(13)19)12-6-5-8(7-11(12)20)29-17(23,24)15(21)22/h2-7,15H,1H3,(H,25,27,28). The zero-order valence-corrected chi connectivity index (χ0v) is 15.9. The molecule has 0 aliphatic heterocycles. The van der Waals surface area contributed by atoms with Gasteiger partial charge in [-0.1, -0.05) is 17.7 Å². The van der Waals surface area contributed by atoms with Crippen LogP contribution in [0.25, 0.3) is 0 Å². The molecule has 0 aromatic heterocycles. The normalized spacial score (nSPS) is 11.5. The molecule has 3 amide bonds. The third-order valence-corrected chi connectivity index (χ3v) is 4.76. The van der Waals surface area contributed by atoms with E-state index in [2.05, 4.69) is 0 Å². The van der Waals surface area contributed by atoms with Crippen molar-refractivity contribution >= 4 is 41.0 Å². The van der Waals surface area contributed by atoms with Crippen LogP contribution in [0.1, 0.15) is 10.4 Å². The number of imide groups is 1. The van der Waals surface area contributed by atoms with Crippen molar-refractivity contribution in [3.63, 3.8) is 0 Å². The van der Waals surface area contributed by atoms with Crippen LogP contribution in [0.5, 0.6) is 0 Å². The zero-order valence-electron chi connectivity index (χ0n) is 14.4. The Morgan fingerprint density at radius 1 is 1.14 bits per heavy atom. The lowest BCUT2D eigenvalue weighted by molar-refractivity contribution is -0.0563. The molecule has 1 N–H and O–H groups in total. The van der Waals surface area contributed by atoms with Crippen molar-refractivity contribution in [2.75, 3.05) is 11.9 Å². The number of hydrogen-bond donors (Lipinski definition) is 1. The van der Waals surface area contributed by atoms with Gasteiger partial charge in [0, 0.05) is 11.9 Å². The van der Waals surface area contributed by atoms with Crippen LogP contribution < -0.4 is 10.2 Å². The lowest BCUT2D eigenvalue weighted by Gasteiger charge is -2.20. The minimum atomic E-state index is -4.43. The number of nitrogens with zero attached hydrogens (tertiary/aromatic N) is 1. The molecule has 0 atom stereocenters. The Bertz CT molecular complexity index is 924. The summed E-state index contributed by atoms with van der Waals surface area (Å²) in [6.07, 6.45) is -3.96. The van der Waals surface area contributed by atoms with Gasteiger partial charge >= 0.3 is 17.7 Å². The molecule has 29 heavy (non-hydrogen) atoms. The Morgan fingerprint density at radius 2 is 1.79 bits per heavy atom. The number of carbonyl (C=O) groups is 2. The first-order chi connectivity index (χ1) is 13.4. The van der Waals surface area contributed by atoms with Crippen molar-refractivity contribution in [1.29, 1.82) is 0 Å². The molecule has 0 spiro atoms. The maximum absolute atomic E-state index is 14.2. The van der Waals surface area contributed by atoms with Gasteiger partial charge in [-0.05, 0) is 42.1 Å². The highest BCUT2D eigenvalue weighted by Crippen LogP contribution is 2.41. The average Bonchev–Trinajstić information content (AvgIpc) is 2.60. The van der Waals surface area contributed by atoms with Gasteiger partial charge in [0.2, 0.25) is 0 Å². The fourth-order valence-corrected chi connectivity index (χ4v) is 3.04. The van der Waals surface area contributed by atoms with E-state index in [9.17, 15) is 35.9 Å². The van der Waals surface area contributed by atoms with E-state index in [1.54, 1.807) is 5.32 Å². The van der Waals surface area contributed by atoms with Crippen molar-refractivity contribution in [3.8, 4) is 0 Å². The van der Waals surface area contributed by atoms with Crippen LogP contribution in [0, 0.1) is 11.6 Å². The second kappa shape index (κ2) is 8.95. The first-order valence-electron chi connectivity index (χ1n) is 7.61. The van der Waals surface area contributed by atoms with E-state index in [1.807, 2.05) is 0 Å². The van der Waals surface area contributed by atoms with E-state index in [0.717, 1.165) is 25.2 Å². The van der Waals surface area contributed by atoms with Gasteiger partial charge < -0.3 is 0 Å². The molecule has 0 aliphatic rings. The summed E-state index contributed by atoms with van der Waals surface area (Å²) in [5, 5.41) is -2.88. The van der Waals surface area contributed by atoms with E-state index >= 15 is 0 Å². The number of thioether (sulfide) groups is 1. The molecule has 12 heteroatoms. The molecule has 156 valence electrons. The summed E-state index contributed by atoms with van der Waals surface area (Å²) in [5.74, 6) is -3.36. The Labute approximate surface area is 169 Å². The summed E-state index contributed by atoms with van der Waals surface area (Å²) in [4.78, 5) is 24.3. The molecular formula is C17H11ClF6N2O2S. The lowest BCUT2D eigenvalue weighted by Crippen LogP contribution is -2.41. The number of anilines is 1. The van der Waals surface area contributed by atoms with Crippen molar-refractivity contribution in [2.45, 2.75) is 16.6 Å². The Hall–Kier alpha value is -2.40. The van der Waals surface area contributed by atoms with Gasteiger partial charge in [-0.2, -0.15) is 8.78 Å². The quantitative estimate of drug-likeness (QED) is 0.474. The highest BCUT2D eigenvalue weighted by Gasteiger charge is 2.42. The summed E-state index contributed by atoms with van der Waals surface area (Å²) < 4.78 is 78.5. The van der Waals surface area contributed by atoms with Crippen LogP contribution in [-0.2, 0) is 0 Å². The maximum atomic E-state index is 14.2. The number of benzene rings is 2. The number of carbonyl (C=O) groups excluding carboxylic acids is 2. The number of alkyl halides is 4. The molecule has 4 nitrogen and oxygen atoms in total. The van der Waals surface area contributed by atoms with Gasteiger partial charge in [0.05, 0.1) is 16.3 Å². The van der Waals surface area contributed by atoms with Gasteiger partial charge in [0.15, 0.2) is 0 Å². The summed E-state index contributed by atoms with van der Waals surface area (Å²) >= 11 is 5.17. The number of urea groups is 1. The molecule has 2 aromatic carbocycles. The molecule has 0 bridgehead atoms. The third kappa shape index (κ3) is 5.36. The fourth-order valence-electron chi connectivity index (χ4n) is 2.09. The van der Waals surface area contributed by atoms with Crippen LogP contribution in [0.3, 0.4) is 0 Å². The second-order valence-electron chi connectivity index (χ2n) is 5.49. The van der Waals surface area contributed by atoms with E-state index in [1.165, 1.54) is 12.1 Å². The first kappa shape index (κ1) is 22.9. The fraction of sp³-hybridized carbons (Fsp3) is 0.176. The summed E-state index contributed by atoms with van der Waals surface area (Å²) in [5.41, 5.74) is -1.04. The maximum Gasteiger partial charge on any atom is 0.357 e. The highest BCUT2D eigenvalue weighted by atomic mass is 35.5. The summed E-state index contributed by atoms with van der Waals surface area (Å²) in [6, 6.07) is 4.56. The minimum Gasteiger partial charge on any atom is -0.294 e. The zero-order chi connectivity index (χ0) is 21.9. The molecule has 2 aromatic rings. The van der Waals surface area contributed by atoms with Crippen LogP contribution in [0.4, 0.5) is 36.8 Å². The monoisotopic (exact) mass is 456 g/mol. The Kier molecular flexibility index (Phi) is 7.06. The van der Waals surface area contributed by atoms with Crippen molar-refractivity contribution in [1.82, 2.24) is 5.32 Å². The van der Waals surface area contributed by atoms with Crippen LogP contribution >= 0.6 is 23.4 Å².